The van der Waals surface area contributed by atoms with E-state index in [4.69, 9.17) is 14.2 Å². The molecule has 0 saturated carbocycles. The molecule has 1 aliphatic rings. The molecule has 1 heterocycles. The molecule has 0 aliphatic heterocycles. The normalized spacial score (nSPS) is 17.0. The summed E-state index contributed by atoms with van der Waals surface area (Å²) in [7, 11) is 0. The summed E-state index contributed by atoms with van der Waals surface area (Å²) in [5.41, 5.74) is 1.52. The maximum absolute atomic E-state index is 13.7. The number of carbonyl (C=O) groups excluding carboxylic acids is 3. The molecule has 10 heteroatoms. The fraction of sp³-hybridized carbons (Fsp3) is 0.526. The molecule has 0 fully saturated rings. The summed E-state index contributed by atoms with van der Waals surface area (Å²) in [4.78, 5) is 44.2. The number of anilines is 1. The van der Waals surface area contributed by atoms with Gasteiger partial charge in [-0.15, -0.1) is 0 Å². The second-order valence-corrected chi connectivity index (χ2v) is 15.3. The zero-order valence-electron chi connectivity index (χ0n) is 29.7. The van der Waals surface area contributed by atoms with Gasteiger partial charge in [0.1, 0.15) is 5.60 Å². The Kier molecular flexibility index (Phi) is 11.9. The zero-order valence-corrected chi connectivity index (χ0v) is 29.7. The number of ketones is 1. The number of aromatic nitrogens is 2. The number of imidazole rings is 1. The number of rotatable bonds is 14. The first-order valence-electron chi connectivity index (χ1n) is 16.7. The maximum Gasteiger partial charge on any atom is 0.408 e. The highest BCUT2D eigenvalue weighted by Gasteiger charge is 2.36. The molecule has 3 aromatic rings. The van der Waals surface area contributed by atoms with Gasteiger partial charge in [0.05, 0.1) is 43.1 Å². The van der Waals surface area contributed by atoms with Crippen LogP contribution in [0.1, 0.15) is 91.0 Å². The minimum Gasteiger partial charge on any atom is -0.444 e. The van der Waals surface area contributed by atoms with Crippen LogP contribution in [0.3, 0.4) is 0 Å². The zero-order chi connectivity index (χ0) is 35.1. The molecule has 10 nitrogen and oxygen atoms in total. The Morgan fingerprint density at radius 1 is 0.958 bits per heavy atom. The molecule has 2 N–H and O–H groups in total. The van der Waals surface area contributed by atoms with Gasteiger partial charge in [0.15, 0.2) is 11.6 Å². The monoisotopic (exact) mass is 660 g/mol. The molecule has 3 atom stereocenters. The third-order valence-corrected chi connectivity index (χ3v) is 8.25. The smallest absolute Gasteiger partial charge is 0.408 e. The van der Waals surface area contributed by atoms with Gasteiger partial charge in [0, 0.05) is 25.6 Å². The van der Waals surface area contributed by atoms with Crippen molar-refractivity contribution in [2.45, 2.75) is 105 Å². The lowest BCUT2D eigenvalue weighted by molar-refractivity contribution is -0.131. The van der Waals surface area contributed by atoms with Crippen LogP contribution >= 0.6 is 0 Å². The second kappa shape index (κ2) is 15.5. The molecule has 1 aliphatic carbocycles. The van der Waals surface area contributed by atoms with Crippen molar-refractivity contribution in [1.82, 2.24) is 14.9 Å². The quantitative estimate of drug-likeness (QED) is 0.193. The molecular formula is C38H52N4O6. The molecule has 0 saturated heterocycles. The Balaban J connectivity index is 1.48. The van der Waals surface area contributed by atoms with Gasteiger partial charge in [-0.1, -0.05) is 75.4 Å². The molecule has 0 spiro atoms. The number of alkyl carbamates (subject to hydrolysis) is 1. The average Bonchev–Trinajstić information content (AvgIpc) is 3.58. The van der Waals surface area contributed by atoms with E-state index in [0.717, 1.165) is 18.4 Å². The van der Waals surface area contributed by atoms with Gasteiger partial charge in [-0.2, -0.15) is 0 Å². The topological polar surface area (TPSA) is 121 Å². The first-order chi connectivity index (χ1) is 22.5. The fourth-order valence-corrected chi connectivity index (χ4v) is 5.57. The lowest BCUT2D eigenvalue weighted by Gasteiger charge is -2.28. The molecule has 4 rings (SSSR count). The highest BCUT2D eigenvalue weighted by molar-refractivity contribution is 5.98. The number of amides is 2. The van der Waals surface area contributed by atoms with Crippen molar-refractivity contribution in [2.24, 2.45) is 11.3 Å². The molecule has 2 aromatic carbocycles. The summed E-state index contributed by atoms with van der Waals surface area (Å²) in [6.45, 7) is 16.0. The third kappa shape index (κ3) is 10.8. The average molecular weight is 661 g/mol. The van der Waals surface area contributed by atoms with Crippen LogP contribution in [0.4, 0.5) is 10.6 Å². The minimum absolute atomic E-state index is 0.00458. The van der Waals surface area contributed by atoms with E-state index in [1.807, 2.05) is 53.2 Å². The van der Waals surface area contributed by atoms with E-state index in [-0.39, 0.29) is 43.0 Å². The summed E-state index contributed by atoms with van der Waals surface area (Å²) in [5.74, 6) is -1.21. The van der Waals surface area contributed by atoms with E-state index in [2.05, 4.69) is 48.5 Å². The number of hydrogen-bond donors (Lipinski definition) is 2. The SMILES string of the molecule is CC(C)(C)CCOC1Cc2ccccc2C1n1cnc(NC(=O)C(COCc2ccccc2)CC(=O)C(C)(C)NC(=O)OC(C)(C)C)c1. The van der Waals surface area contributed by atoms with E-state index in [1.165, 1.54) is 11.1 Å². The minimum atomic E-state index is -1.28. The summed E-state index contributed by atoms with van der Waals surface area (Å²) in [5, 5.41) is 5.56. The number of carbonyl (C=O) groups is 3. The van der Waals surface area contributed by atoms with E-state index in [0.29, 0.717) is 12.4 Å². The largest absolute Gasteiger partial charge is 0.444 e. The predicted octanol–water partition coefficient (Wildman–Crippen LogP) is 6.88. The molecule has 48 heavy (non-hydrogen) atoms. The van der Waals surface area contributed by atoms with E-state index >= 15 is 0 Å². The highest BCUT2D eigenvalue weighted by Crippen LogP contribution is 2.37. The molecule has 2 amide bonds. The number of ether oxygens (including phenoxy) is 3. The molecule has 0 radical (unpaired) electrons. The number of Topliss-reactive ketones (excluding diaryl/α,β-unsaturated/α-hetero) is 1. The molecule has 1 aromatic heterocycles. The second-order valence-electron chi connectivity index (χ2n) is 15.3. The molecule has 0 bridgehead atoms. The van der Waals surface area contributed by atoms with E-state index in [1.54, 1.807) is 40.9 Å². The van der Waals surface area contributed by atoms with Gasteiger partial charge >= 0.3 is 6.09 Å². The summed E-state index contributed by atoms with van der Waals surface area (Å²) in [6, 6.07) is 17.8. The Bertz CT molecular complexity index is 1540. The lowest BCUT2D eigenvalue weighted by Crippen LogP contribution is -2.52. The fourth-order valence-electron chi connectivity index (χ4n) is 5.57. The van der Waals surface area contributed by atoms with Crippen LogP contribution in [0.25, 0.3) is 0 Å². The molecule has 3 unspecified atom stereocenters. The van der Waals surface area contributed by atoms with Crippen LogP contribution in [-0.2, 0) is 36.8 Å². The molecular weight excluding hydrogens is 608 g/mol. The third-order valence-electron chi connectivity index (χ3n) is 8.25. The first-order valence-corrected chi connectivity index (χ1v) is 16.7. The van der Waals surface area contributed by atoms with Gasteiger partial charge in [-0.3, -0.25) is 9.59 Å². The lowest BCUT2D eigenvalue weighted by atomic mass is 9.90. The van der Waals surface area contributed by atoms with Crippen molar-refractivity contribution in [3.8, 4) is 0 Å². The van der Waals surface area contributed by atoms with Crippen LogP contribution in [0.2, 0.25) is 0 Å². The first kappa shape index (κ1) is 36.8. The predicted molar refractivity (Wildman–Crippen MR) is 186 cm³/mol. The van der Waals surface area contributed by atoms with Crippen molar-refractivity contribution in [3.63, 3.8) is 0 Å². The standard InChI is InChI=1S/C38H52N4O6/c1-36(2,3)18-19-47-30-20-27-16-12-13-17-29(27)33(30)42-22-32(39-25-42)40-34(44)28(24-46-23-26-14-10-9-11-15-26)21-31(43)38(7,8)41-35(45)48-37(4,5)6/h9-17,22,25,28,30,33H,18-21,23-24H2,1-8H3,(H,40,44)(H,41,45). The number of nitrogens with one attached hydrogen (secondary N) is 2. The van der Waals surface area contributed by atoms with Crippen LogP contribution in [0.15, 0.2) is 67.1 Å². The van der Waals surface area contributed by atoms with E-state index in [9.17, 15) is 14.4 Å². The van der Waals surface area contributed by atoms with Gasteiger partial charge < -0.3 is 29.4 Å². The molecule has 260 valence electrons. The van der Waals surface area contributed by atoms with Crippen LogP contribution in [-0.4, -0.2) is 57.8 Å². The van der Waals surface area contributed by atoms with Crippen molar-refractivity contribution < 1.29 is 28.6 Å². The number of hydrogen-bond acceptors (Lipinski definition) is 7. The van der Waals surface area contributed by atoms with Gasteiger partial charge in [-0.05, 0) is 63.1 Å². The highest BCUT2D eigenvalue weighted by atomic mass is 16.6. The van der Waals surface area contributed by atoms with Crippen molar-refractivity contribution in [1.29, 1.82) is 0 Å². The van der Waals surface area contributed by atoms with Crippen LogP contribution in [0, 0.1) is 11.3 Å². The summed E-state index contributed by atoms with van der Waals surface area (Å²) >= 11 is 0. The van der Waals surface area contributed by atoms with Crippen LogP contribution in [0.5, 0.6) is 0 Å². The number of benzene rings is 2. The summed E-state index contributed by atoms with van der Waals surface area (Å²) < 4.78 is 19.7. The van der Waals surface area contributed by atoms with Gasteiger partial charge in [0.25, 0.3) is 0 Å². The Morgan fingerprint density at radius 3 is 2.33 bits per heavy atom. The Labute approximate surface area is 284 Å². The van der Waals surface area contributed by atoms with Gasteiger partial charge in [0.2, 0.25) is 5.91 Å². The Morgan fingerprint density at radius 2 is 1.65 bits per heavy atom. The Hall–Kier alpha value is -4.02. The van der Waals surface area contributed by atoms with Gasteiger partial charge in [-0.25, -0.2) is 9.78 Å². The van der Waals surface area contributed by atoms with Crippen molar-refractivity contribution >= 4 is 23.6 Å². The number of nitrogens with zero attached hydrogens (tertiary/aromatic N) is 2. The summed E-state index contributed by atoms with van der Waals surface area (Å²) in [6.07, 6.45) is 4.31. The maximum atomic E-state index is 13.7. The van der Waals surface area contributed by atoms with E-state index < -0.39 is 29.1 Å². The van der Waals surface area contributed by atoms with Crippen molar-refractivity contribution in [3.05, 3.63) is 83.8 Å². The number of fused-ring (bicyclic) bond motifs is 1. The van der Waals surface area contributed by atoms with Crippen molar-refractivity contribution in [2.75, 3.05) is 18.5 Å². The van der Waals surface area contributed by atoms with Crippen LogP contribution < -0.4 is 10.6 Å².